The fourth-order valence-electron chi connectivity index (χ4n) is 4.51. The molecule has 3 aromatic rings. The van der Waals surface area contributed by atoms with Crippen LogP contribution < -0.4 is 29.2 Å². The van der Waals surface area contributed by atoms with E-state index in [4.69, 9.17) is 18.9 Å². The lowest BCUT2D eigenvalue weighted by Gasteiger charge is -2.19. The first kappa shape index (κ1) is 20.4. The van der Waals surface area contributed by atoms with E-state index in [0.717, 1.165) is 40.7 Å². The number of rotatable bonds is 6. The molecule has 0 bridgehead atoms. The lowest BCUT2D eigenvalue weighted by molar-refractivity contribution is -0.358. The molecule has 2 aromatic carbocycles. The Morgan fingerprint density at radius 1 is 1.09 bits per heavy atom. The molecule has 8 nitrogen and oxygen atoms in total. The lowest BCUT2D eigenvalue weighted by atomic mass is 9.91. The van der Waals surface area contributed by atoms with Gasteiger partial charge in [0.05, 0.1) is 38.0 Å². The summed E-state index contributed by atoms with van der Waals surface area (Å²) < 4.78 is 21.9. The van der Waals surface area contributed by atoms with Crippen molar-refractivity contribution in [2.24, 2.45) is 0 Å². The van der Waals surface area contributed by atoms with Crippen molar-refractivity contribution in [1.29, 1.82) is 0 Å². The van der Waals surface area contributed by atoms with Crippen LogP contribution in [0.5, 0.6) is 23.0 Å². The Labute approximate surface area is 185 Å². The first-order chi connectivity index (χ1) is 15.6. The van der Waals surface area contributed by atoms with Crippen molar-refractivity contribution in [1.82, 2.24) is 0 Å². The number of aliphatic hydroxyl groups is 1. The molecule has 0 atom stereocenters. The molecular formula is C24H25N2O6+. The monoisotopic (exact) mass is 437 g/mol. The summed E-state index contributed by atoms with van der Waals surface area (Å²) in [5.74, 6) is 2.52. The largest absolute Gasteiger partial charge is 0.493 e. The molecule has 8 heteroatoms. The number of aliphatic hydroxyl groups excluding tert-OH is 1. The maximum absolute atomic E-state index is 12.9. The van der Waals surface area contributed by atoms with Gasteiger partial charge in [-0.25, -0.2) is 4.98 Å². The van der Waals surface area contributed by atoms with E-state index in [1.165, 1.54) is 0 Å². The van der Waals surface area contributed by atoms with Crippen LogP contribution in [0.3, 0.4) is 0 Å². The molecule has 0 spiro atoms. The third-order valence-electron chi connectivity index (χ3n) is 5.98. The molecule has 1 aromatic heterocycles. The molecule has 5 rings (SSSR count). The fourth-order valence-corrected chi connectivity index (χ4v) is 4.51. The Bertz CT molecular complexity index is 1200. The lowest BCUT2D eigenvalue weighted by Crippen LogP contribution is -2.25. The number of anilines is 1. The zero-order valence-corrected chi connectivity index (χ0v) is 18.0. The van der Waals surface area contributed by atoms with Crippen LogP contribution in [-0.2, 0) is 19.6 Å². The number of pyridine rings is 1. The number of ketones is 1. The number of hydrogen-bond acceptors (Lipinski definition) is 7. The highest BCUT2D eigenvalue weighted by Crippen LogP contribution is 2.40. The van der Waals surface area contributed by atoms with Gasteiger partial charge in [-0.3, -0.25) is 4.79 Å². The normalized spacial score (nSPS) is 14.4. The number of aryl methyl sites for hydroxylation is 1. The average Bonchev–Trinajstić information content (AvgIpc) is 3.27. The standard InChI is InChI=1S/C24H24N2O6/c1-29-21-7-13(6-14(11-27)24(21)30-2)10-25-23-15-8-19-20(32-12-31-19)9-17(15)26-16-4-3-5-18(28)22(16)23/h6-9,27H,3-5,10-12H2,1-2H3,(H,25,26)/p+1. The van der Waals surface area contributed by atoms with Gasteiger partial charge in [-0.15, -0.1) is 0 Å². The minimum Gasteiger partial charge on any atom is -0.493 e. The Kier molecular flexibility index (Phi) is 5.22. The zero-order chi connectivity index (χ0) is 22.2. The molecular weight excluding hydrogens is 412 g/mol. The Balaban J connectivity index is 1.59. The smallest absolute Gasteiger partial charge is 0.231 e. The Morgan fingerprint density at radius 2 is 1.91 bits per heavy atom. The van der Waals surface area contributed by atoms with Crippen LogP contribution in [0.25, 0.3) is 10.9 Å². The predicted molar refractivity (Wildman–Crippen MR) is 117 cm³/mol. The number of nitrogens with one attached hydrogen (secondary N) is 2. The van der Waals surface area contributed by atoms with Crippen molar-refractivity contribution in [3.8, 4) is 23.0 Å². The summed E-state index contributed by atoms with van der Waals surface area (Å²) in [5, 5.41) is 14.1. The molecule has 0 radical (unpaired) electrons. The first-order valence-electron chi connectivity index (χ1n) is 10.6. The third-order valence-corrected chi connectivity index (χ3v) is 5.98. The number of methoxy groups -OCH3 is 2. The van der Waals surface area contributed by atoms with Gasteiger partial charge in [-0.05, 0) is 24.1 Å². The van der Waals surface area contributed by atoms with Crippen LogP contribution in [0.1, 0.15) is 40.0 Å². The molecule has 2 aliphatic rings. The van der Waals surface area contributed by atoms with Crippen molar-refractivity contribution in [3.05, 3.63) is 46.6 Å². The highest BCUT2D eigenvalue weighted by atomic mass is 16.7. The van der Waals surface area contributed by atoms with Crippen LogP contribution in [0, 0.1) is 0 Å². The third kappa shape index (κ3) is 3.36. The summed E-state index contributed by atoms with van der Waals surface area (Å²) in [6.07, 6.45) is 2.16. The van der Waals surface area contributed by atoms with Crippen LogP contribution in [0.2, 0.25) is 0 Å². The number of aromatic nitrogens is 1. The maximum atomic E-state index is 12.9. The van der Waals surface area contributed by atoms with Crippen LogP contribution in [-0.4, -0.2) is 31.9 Å². The van der Waals surface area contributed by atoms with Gasteiger partial charge in [-0.1, -0.05) is 0 Å². The molecule has 3 N–H and O–H groups in total. The molecule has 0 amide bonds. The minimum absolute atomic E-state index is 0.118. The molecule has 32 heavy (non-hydrogen) atoms. The van der Waals surface area contributed by atoms with Crippen molar-refractivity contribution in [2.75, 3.05) is 26.3 Å². The van der Waals surface area contributed by atoms with E-state index in [-0.39, 0.29) is 19.2 Å². The molecule has 1 aliphatic heterocycles. The summed E-state index contributed by atoms with van der Waals surface area (Å²) in [6.45, 7) is 0.442. The van der Waals surface area contributed by atoms with E-state index in [0.29, 0.717) is 47.1 Å². The van der Waals surface area contributed by atoms with E-state index in [9.17, 15) is 9.90 Å². The number of H-pyrrole nitrogens is 1. The van der Waals surface area contributed by atoms with Gasteiger partial charge in [0.25, 0.3) is 0 Å². The molecule has 166 valence electrons. The topological polar surface area (TPSA) is 100 Å². The van der Waals surface area contributed by atoms with Gasteiger partial charge in [-0.2, -0.15) is 0 Å². The first-order valence-corrected chi connectivity index (χ1v) is 10.6. The van der Waals surface area contributed by atoms with Crippen molar-refractivity contribution in [2.45, 2.75) is 32.4 Å². The number of carbonyl (C=O) groups is 1. The fraction of sp³-hybridized carbons (Fsp3) is 0.333. The van der Waals surface area contributed by atoms with Crippen LogP contribution >= 0.6 is 0 Å². The van der Waals surface area contributed by atoms with Crippen LogP contribution in [0.4, 0.5) is 5.69 Å². The van der Waals surface area contributed by atoms with E-state index in [1.807, 2.05) is 24.3 Å². The van der Waals surface area contributed by atoms with E-state index in [1.54, 1.807) is 14.2 Å². The molecule has 1 aliphatic carbocycles. The van der Waals surface area contributed by atoms with E-state index in [2.05, 4.69) is 10.3 Å². The van der Waals surface area contributed by atoms with Gasteiger partial charge in [0.2, 0.25) is 12.3 Å². The molecule has 2 heterocycles. The van der Waals surface area contributed by atoms with Gasteiger partial charge in [0.15, 0.2) is 34.5 Å². The van der Waals surface area contributed by atoms with Crippen molar-refractivity contribution >= 4 is 22.4 Å². The predicted octanol–water partition coefficient (Wildman–Crippen LogP) is 3.02. The van der Waals surface area contributed by atoms with Crippen molar-refractivity contribution in [3.63, 3.8) is 0 Å². The van der Waals surface area contributed by atoms with Crippen molar-refractivity contribution < 1.29 is 33.8 Å². The van der Waals surface area contributed by atoms with Crippen LogP contribution in [0.15, 0.2) is 24.3 Å². The second-order valence-corrected chi connectivity index (χ2v) is 7.88. The zero-order valence-electron chi connectivity index (χ0n) is 18.0. The number of carbonyl (C=O) groups excluding carboxylic acids is 1. The van der Waals surface area contributed by atoms with E-state index < -0.39 is 0 Å². The Morgan fingerprint density at radius 3 is 2.66 bits per heavy atom. The second kappa shape index (κ2) is 8.20. The summed E-state index contributed by atoms with van der Waals surface area (Å²) in [4.78, 5) is 16.3. The molecule has 0 saturated heterocycles. The number of benzene rings is 2. The number of aromatic amines is 1. The van der Waals surface area contributed by atoms with Gasteiger partial charge in [0.1, 0.15) is 5.56 Å². The minimum atomic E-state index is -0.173. The average molecular weight is 437 g/mol. The summed E-state index contributed by atoms with van der Waals surface area (Å²) in [6, 6.07) is 7.56. The van der Waals surface area contributed by atoms with Gasteiger partial charge in [0, 0.05) is 31.0 Å². The highest BCUT2D eigenvalue weighted by molar-refractivity contribution is 6.09. The number of fused-ring (bicyclic) bond motifs is 3. The quantitative estimate of drug-likeness (QED) is 0.611. The van der Waals surface area contributed by atoms with Gasteiger partial charge >= 0.3 is 0 Å². The van der Waals surface area contributed by atoms with E-state index >= 15 is 0 Å². The maximum Gasteiger partial charge on any atom is 0.231 e. The Hall–Kier alpha value is -3.52. The molecule has 0 unspecified atom stereocenters. The van der Waals surface area contributed by atoms with Gasteiger partial charge < -0.3 is 29.4 Å². The summed E-state index contributed by atoms with van der Waals surface area (Å²) in [7, 11) is 3.11. The summed E-state index contributed by atoms with van der Waals surface area (Å²) >= 11 is 0. The number of hydrogen-bond donors (Lipinski definition) is 2. The number of ether oxygens (including phenoxy) is 4. The second-order valence-electron chi connectivity index (χ2n) is 7.88. The SMILES string of the molecule is COc1cc(CNc2c3c([nH+]c4cc5c(cc24)OCO5)CCCC3=O)cc(CO)c1OC. The molecule has 0 saturated carbocycles. The number of Topliss-reactive ketones (excluding diaryl/α,β-unsaturated/α-hetero) is 1. The summed E-state index contributed by atoms with van der Waals surface area (Å²) in [5.41, 5.74) is 4.82. The molecule has 0 fully saturated rings. The highest BCUT2D eigenvalue weighted by Gasteiger charge is 2.30.